The molecule has 0 fully saturated rings. The largest absolute Gasteiger partial charge is 0.237 e. The van der Waals surface area contributed by atoms with Gasteiger partial charge in [0.1, 0.15) is 0 Å². The first kappa shape index (κ1) is 15.8. The minimum absolute atomic E-state index is 0.702. The minimum Gasteiger partial charge on any atom is -0.237 e. The molecule has 0 unspecified atom stereocenters. The Morgan fingerprint density at radius 2 is 1.08 bits per heavy atom. The van der Waals surface area contributed by atoms with E-state index in [1.807, 2.05) is 48.8 Å². The van der Waals surface area contributed by atoms with Gasteiger partial charge in [0.15, 0.2) is 11.6 Å². The average Bonchev–Trinajstić information content (AvgIpc) is 2.72. The van der Waals surface area contributed by atoms with Crippen molar-refractivity contribution in [3.63, 3.8) is 0 Å². The van der Waals surface area contributed by atoms with Crippen LogP contribution >= 0.6 is 0 Å². The van der Waals surface area contributed by atoms with Gasteiger partial charge in [0.2, 0.25) is 0 Å². The van der Waals surface area contributed by atoms with Crippen LogP contribution < -0.4 is 0 Å². The van der Waals surface area contributed by atoms with E-state index in [1.54, 1.807) is 12.4 Å². The van der Waals surface area contributed by atoms with Gasteiger partial charge >= 0.3 is 0 Å². The molecule has 0 radical (unpaired) electrons. The van der Waals surface area contributed by atoms with Crippen LogP contribution in [0, 0.1) is 0 Å². The molecule has 26 heavy (non-hydrogen) atoms. The maximum Gasteiger partial charge on any atom is 0.151 e. The van der Waals surface area contributed by atoms with Crippen molar-refractivity contribution in [1.29, 1.82) is 0 Å². The highest BCUT2D eigenvalue weighted by atomic mass is 14.9. The van der Waals surface area contributed by atoms with E-state index < -0.39 is 0 Å². The molecule has 0 saturated heterocycles. The van der Waals surface area contributed by atoms with Crippen LogP contribution in [0.5, 0.6) is 0 Å². The summed E-state index contributed by atoms with van der Waals surface area (Å²) in [6, 6.07) is 23.9. The summed E-state index contributed by atoms with van der Waals surface area (Å²) >= 11 is 0. The Balaban J connectivity index is 1.56. The van der Waals surface area contributed by atoms with Crippen molar-refractivity contribution in [2.24, 2.45) is 9.98 Å². The van der Waals surface area contributed by atoms with Gasteiger partial charge in [-0.15, -0.1) is 0 Å². The van der Waals surface area contributed by atoms with Crippen molar-refractivity contribution in [3.05, 3.63) is 96.3 Å². The molecule has 0 saturated carbocycles. The van der Waals surface area contributed by atoms with E-state index in [4.69, 9.17) is 0 Å². The third kappa shape index (κ3) is 3.87. The zero-order valence-electron chi connectivity index (χ0n) is 14.0. The Morgan fingerprint density at radius 1 is 0.577 bits per heavy atom. The molecule has 0 N–H and O–H groups in total. The van der Waals surface area contributed by atoms with Crippen molar-refractivity contribution >= 4 is 34.8 Å². The summed E-state index contributed by atoms with van der Waals surface area (Å²) in [5, 5.41) is 2.31. The molecule has 0 amide bonds. The molecule has 0 aliphatic carbocycles. The number of fused-ring (bicyclic) bond motifs is 1. The van der Waals surface area contributed by atoms with Crippen molar-refractivity contribution in [2.75, 3.05) is 0 Å². The second-order valence-corrected chi connectivity index (χ2v) is 5.76. The molecule has 4 nitrogen and oxygen atoms in total. The van der Waals surface area contributed by atoms with Crippen molar-refractivity contribution in [2.45, 2.75) is 0 Å². The van der Waals surface area contributed by atoms with Crippen LogP contribution in [0.1, 0.15) is 11.1 Å². The van der Waals surface area contributed by atoms with Gasteiger partial charge in [-0.05, 0) is 58.3 Å². The van der Waals surface area contributed by atoms with Gasteiger partial charge < -0.3 is 0 Å². The first-order chi connectivity index (χ1) is 12.9. The maximum absolute atomic E-state index is 4.40. The van der Waals surface area contributed by atoms with Gasteiger partial charge in [0, 0.05) is 24.8 Å². The highest BCUT2D eigenvalue weighted by Crippen LogP contribution is 2.18. The predicted octanol–water partition coefficient (Wildman–Crippen LogP) is 5.13. The molecule has 0 bridgehead atoms. The smallest absolute Gasteiger partial charge is 0.151 e. The van der Waals surface area contributed by atoms with Crippen LogP contribution in [0.3, 0.4) is 0 Å². The molecule has 0 aliphatic rings. The van der Waals surface area contributed by atoms with Crippen LogP contribution in [0.15, 0.2) is 95.2 Å². The summed E-state index contributed by atoms with van der Waals surface area (Å²) < 4.78 is 0. The number of benzene rings is 2. The highest BCUT2D eigenvalue weighted by molar-refractivity contribution is 5.94. The molecule has 4 heteroatoms. The number of rotatable bonds is 4. The van der Waals surface area contributed by atoms with Gasteiger partial charge in [-0.2, -0.15) is 0 Å². The molecule has 2 aromatic carbocycles. The SMILES string of the molecule is C(=Nc1ccccn1)c1ccc2cc(C=Nc3ccccn3)ccc2c1. The maximum atomic E-state index is 4.40. The molecule has 4 rings (SSSR count). The number of hydrogen-bond donors (Lipinski definition) is 0. The zero-order chi connectivity index (χ0) is 17.6. The van der Waals surface area contributed by atoms with E-state index in [-0.39, 0.29) is 0 Å². The molecule has 124 valence electrons. The Hall–Kier alpha value is -3.66. The molecular weight excluding hydrogens is 320 g/mol. The van der Waals surface area contributed by atoms with E-state index in [2.05, 4.69) is 56.4 Å². The summed E-state index contributed by atoms with van der Waals surface area (Å²) in [4.78, 5) is 17.2. The quantitative estimate of drug-likeness (QED) is 0.485. The number of hydrogen-bond acceptors (Lipinski definition) is 4. The molecule has 0 aliphatic heterocycles. The predicted molar refractivity (Wildman–Crippen MR) is 107 cm³/mol. The topological polar surface area (TPSA) is 50.5 Å². The lowest BCUT2D eigenvalue weighted by molar-refractivity contribution is 1.28. The number of nitrogens with zero attached hydrogens (tertiary/aromatic N) is 4. The molecular formula is C22H16N4. The molecule has 2 heterocycles. The van der Waals surface area contributed by atoms with Crippen LogP contribution in [0.4, 0.5) is 11.6 Å². The van der Waals surface area contributed by atoms with Crippen LogP contribution in [-0.2, 0) is 0 Å². The van der Waals surface area contributed by atoms with Gasteiger partial charge in [-0.25, -0.2) is 20.0 Å². The zero-order valence-corrected chi connectivity index (χ0v) is 14.0. The van der Waals surface area contributed by atoms with Crippen LogP contribution in [0.25, 0.3) is 10.8 Å². The second kappa shape index (κ2) is 7.49. The summed E-state index contributed by atoms with van der Waals surface area (Å²) in [6.45, 7) is 0. The van der Waals surface area contributed by atoms with E-state index in [0.29, 0.717) is 11.6 Å². The molecule has 0 spiro atoms. The van der Waals surface area contributed by atoms with Crippen molar-refractivity contribution < 1.29 is 0 Å². The summed E-state index contributed by atoms with van der Waals surface area (Å²) in [5.41, 5.74) is 2.08. The monoisotopic (exact) mass is 336 g/mol. The third-order valence-electron chi connectivity index (χ3n) is 3.88. The summed E-state index contributed by atoms with van der Waals surface area (Å²) in [6.07, 6.45) is 7.14. The lowest BCUT2D eigenvalue weighted by Gasteiger charge is -2.01. The van der Waals surface area contributed by atoms with Gasteiger partial charge in [0.05, 0.1) is 0 Å². The fraction of sp³-hybridized carbons (Fsp3) is 0. The number of aliphatic imine (C=N–C) groups is 2. The molecule has 2 aromatic heterocycles. The van der Waals surface area contributed by atoms with Gasteiger partial charge in [-0.1, -0.05) is 36.4 Å². The Morgan fingerprint density at radius 3 is 1.50 bits per heavy atom. The minimum atomic E-state index is 0.702. The van der Waals surface area contributed by atoms with E-state index in [1.165, 1.54) is 0 Å². The highest BCUT2D eigenvalue weighted by Gasteiger charge is 1.97. The first-order valence-corrected chi connectivity index (χ1v) is 8.31. The van der Waals surface area contributed by atoms with Crippen molar-refractivity contribution in [1.82, 2.24) is 9.97 Å². The van der Waals surface area contributed by atoms with Crippen molar-refractivity contribution in [3.8, 4) is 0 Å². The number of pyridine rings is 2. The van der Waals surface area contributed by atoms with E-state index in [0.717, 1.165) is 21.9 Å². The standard InChI is InChI=1S/C22H16N4/c1-3-11-23-21(5-1)25-15-17-7-9-20-14-18(8-10-19(20)13-17)16-26-22-6-2-4-12-24-22/h1-16H. The Kier molecular flexibility index (Phi) is 4.56. The third-order valence-corrected chi connectivity index (χ3v) is 3.88. The number of aromatic nitrogens is 2. The lowest BCUT2D eigenvalue weighted by Crippen LogP contribution is -1.85. The van der Waals surface area contributed by atoms with E-state index >= 15 is 0 Å². The fourth-order valence-electron chi connectivity index (χ4n) is 2.58. The van der Waals surface area contributed by atoms with Gasteiger partial charge in [0.25, 0.3) is 0 Å². The summed E-state index contributed by atoms with van der Waals surface area (Å²) in [5.74, 6) is 1.40. The van der Waals surface area contributed by atoms with Crippen LogP contribution in [0.2, 0.25) is 0 Å². The summed E-state index contributed by atoms with van der Waals surface area (Å²) in [7, 11) is 0. The Bertz CT molecular complexity index is 982. The second-order valence-electron chi connectivity index (χ2n) is 5.76. The lowest BCUT2D eigenvalue weighted by atomic mass is 10.0. The average molecular weight is 336 g/mol. The first-order valence-electron chi connectivity index (χ1n) is 8.31. The fourth-order valence-corrected chi connectivity index (χ4v) is 2.58. The molecule has 4 aromatic rings. The van der Waals surface area contributed by atoms with Crippen LogP contribution in [-0.4, -0.2) is 22.4 Å². The molecule has 0 atom stereocenters. The van der Waals surface area contributed by atoms with E-state index in [9.17, 15) is 0 Å². The normalized spacial score (nSPS) is 11.5. The van der Waals surface area contributed by atoms with Gasteiger partial charge in [-0.3, -0.25) is 0 Å². The Labute approximate surface area is 151 Å².